The molecule has 0 spiro atoms. The average molecular weight is 416 g/mol. The molecule has 0 radical (unpaired) electrons. The molecular formula is C26H24O5. The van der Waals surface area contributed by atoms with E-state index in [0.29, 0.717) is 12.0 Å². The molecule has 3 aromatic rings. The third kappa shape index (κ3) is 3.75. The molecule has 0 aromatic heterocycles. The molecule has 4 rings (SSSR count). The molecule has 1 aliphatic rings. The lowest BCUT2D eigenvalue weighted by atomic mass is 9.65. The van der Waals surface area contributed by atoms with E-state index in [1.165, 1.54) is 24.3 Å². The zero-order valence-corrected chi connectivity index (χ0v) is 17.1. The lowest BCUT2D eigenvalue weighted by Crippen LogP contribution is -2.31. The second kappa shape index (κ2) is 8.19. The van der Waals surface area contributed by atoms with Crippen LogP contribution in [-0.2, 0) is 0 Å². The van der Waals surface area contributed by atoms with Gasteiger partial charge in [-0.2, -0.15) is 0 Å². The van der Waals surface area contributed by atoms with Gasteiger partial charge in [-0.15, -0.1) is 0 Å². The van der Waals surface area contributed by atoms with Gasteiger partial charge in [0.05, 0.1) is 5.56 Å². The number of hydrogen-bond donors (Lipinski definition) is 4. The first-order valence-corrected chi connectivity index (χ1v) is 10.2. The van der Waals surface area contributed by atoms with Gasteiger partial charge < -0.3 is 20.4 Å². The van der Waals surface area contributed by atoms with Crippen LogP contribution in [-0.4, -0.2) is 26.2 Å². The van der Waals surface area contributed by atoms with Crippen LogP contribution in [0.15, 0.2) is 78.4 Å². The number of phenolic OH excluding ortho intramolecular Hbond substituents is 4. The molecule has 0 bridgehead atoms. The first-order chi connectivity index (χ1) is 14.9. The summed E-state index contributed by atoms with van der Waals surface area (Å²) in [6, 6.07) is 17.7. The second-order valence-electron chi connectivity index (χ2n) is 8.03. The Morgan fingerprint density at radius 2 is 1.35 bits per heavy atom. The number of Topliss-reactive ketones (excluding diaryl/α,β-unsaturated/α-hetero) is 1. The van der Waals surface area contributed by atoms with Crippen molar-refractivity contribution in [1.82, 2.24) is 0 Å². The van der Waals surface area contributed by atoms with Gasteiger partial charge in [0.2, 0.25) is 0 Å². The van der Waals surface area contributed by atoms with Crippen molar-refractivity contribution in [3.05, 3.63) is 95.1 Å². The van der Waals surface area contributed by atoms with Crippen molar-refractivity contribution in [2.75, 3.05) is 0 Å². The molecule has 1 aliphatic carbocycles. The van der Waals surface area contributed by atoms with Crippen LogP contribution < -0.4 is 0 Å². The van der Waals surface area contributed by atoms with E-state index in [4.69, 9.17) is 0 Å². The zero-order valence-electron chi connectivity index (χ0n) is 17.1. The quantitative estimate of drug-likeness (QED) is 0.345. The van der Waals surface area contributed by atoms with Gasteiger partial charge in [0.25, 0.3) is 0 Å². The number of aromatic hydroxyl groups is 4. The van der Waals surface area contributed by atoms with Crippen LogP contribution in [0.2, 0.25) is 0 Å². The van der Waals surface area contributed by atoms with Crippen LogP contribution in [0.25, 0.3) is 0 Å². The molecule has 3 atom stereocenters. The van der Waals surface area contributed by atoms with Crippen molar-refractivity contribution < 1.29 is 25.2 Å². The molecule has 3 aromatic carbocycles. The summed E-state index contributed by atoms with van der Waals surface area (Å²) in [5.74, 6) is -2.40. The first-order valence-electron chi connectivity index (χ1n) is 10.2. The van der Waals surface area contributed by atoms with Crippen LogP contribution in [0.4, 0.5) is 0 Å². The molecule has 0 fully saturated rings. The Kier molecular flexibility index (Phi) is 5.42. The van der Waals surface area contributed by atoms with Gasteiger partial charge in [0.1, 0.15) is 23.0 Å². The van der Waals surface area contributed by atoms with Gasteiger partial charge in [0.15, 0.2) is 5.78 Å². The Morgan fingerprint density at radius 1 is 0.774 bits per heavy atom. The van der Waals surface area contributed by atoms with Gasteiger partial charge in [-0.25, -0.2) is 0 Å². The van der Waals surface area contributed by atoms with Crippen LogP contribution in [0, 0.1) is 5.92 Å². The third-order valence-electron chi connectivity index (χ3n) is 6.03. The molecule has 158 valence electrons. The van der Waals surface area contributed by atoms with Crippen LogP contribution in [0.5, 0.6) is 23.0 Å². The maximum atomic E-state index is 13.8. The van der Waals surface area contributed by atoms with Crippen molar-refractivity contribution in [2.24, 2.45) is 5.92 Å². The smallest absolute Gasteiger partial charge is 0.171 e. The summed E-state index contributed by atoms with van der Waals surface area (Å²) in [4.78, 5) is 13.8. The highest BCUT2D eigenvalue weighted by molar-refractivity contribution is 6.01. The van der Waals surface area contributed by atoms with E-state index in [0.717, 1.165) is 5.57 Å². The average Bonchev–Trinajstić information content (AvgIpc) is 2.73. The van der Waals surface area contributed by atoms with E-state index >= 15 is 0 Å². The maximum absolute atomic E-state index is 13.8. The molecule has 0 heterocycles. The van der Waals surface area contributed by atoms with E-state index in [1.54, 1.807) is 42.5 Å². The highest BCUT2D eigenvalue weighted by atomic mass is 16.3. The van der Waals surface area contributed by atoms with E-state index in [2.05, 4.69) is 0 Å². The number of benzene rings is 3. The van der Waals surface area contributed by atoms with Gasteiger partial charge in [0, 0.05) is 23.3 Å². The Balaban J connectivity index is 1.94. The van der Waals surface area contributed by atoms with Crippen molar-refractivity contribution in [3.63, 3.8) is 0 Å². The van der Waals surface area contributed by atoms with Crippen molar-refractivity contribution in [1.29, 1.82) is 0 Å². The number of carbonyl (C=O) groups excluding carboxylic acids is 1. The van der Waals surface area contributed by atoms with Gasteiger partial charge in [-0.1, -0.05) is 48.0 Å². The fourth-order valence-corrected chi connectivity index (χ4v) is 4.66. The molecule has 0 amide bonds. The van der Waals surface area contributed by atoms with E-state index in [1.807, 2.05) is 13.0 Å². The standard InChI is InChI=1S/C26H24O5/c1-15-13-18(16-7-2-4-9-20(16)27)24(26(31)17-8-3-5-10-21(17)28)19(14-15)25-22(29)11-6-12-23(25)30/h2-12,14,18-19,24,27-30H,13H2,1H3/t18-,19+,24-/m1/s1. The topological polar surface area (TPSA) is 98.0 Å². The van der Waals surface area contributed by atoms with E-state index in [-0.39, 0.29) is 39.9 Å². The van der Waals surface area contributed by atoms with Gasteiger partial charge in [-0.3, -0.25) is 4.79 Å². The number of hydrogen-bond acceptors (Lipinski definition) is 5. The summed E-state index contributed by atoms with van der Waals surface area (Å²) in [6.45, 7) is 1.93. The molecular weight excluding hydrogens is 392 g/mol. The number of para-hydroxylation sites is 2. The minimum Gasteiger partial charge on any atom is -0.508 e. The Hall–Kier alpha value is -3.73. The summed E-state index contributed by atoms with van der Waals surface area (Å²) in [7, 11) is 0. The number of rotatable bonds is 4. The highest BCUT2D eigenvalue weighted by Gasteiger charge is 2.42. The summed E-state index contributed by atoms with van der Waals surface area (Å²) in [5.41, 5.74) is 2.02. The molecule has 0 saturated heterocycles. The van der Waals surface area contributed by atoms with E-state index in [9.17, 15) is 25.2 Å². The number of phenols is 4. The molecule has 0 saturated carbocycles. The second-order valence-corrected chi connectivity index (χ2v) is 8.03. The zero-order chi connectivity index (χ0) is 22.1. The van der Waals surface area contributed by atoms with Gasteiger partial charge >= 0.3 is 0 Å². The fourth-order valence-electron chi connectivity index (χ4n) is 4.66. The predicted octanol–water partition coefficient (Wildman–Crippen LogP) is 5.23. The molecule has 5 nitrogen and oxygen atoms in total. The van der Waals surface area contributed by atoms with Crippen LogP contribution in [0.1, 0.15) is 46.7 Å². The largest absolute Gasteiger partial charge is 0.508 e. The Morgan fingerprint density at radius 3 is 2.00 bits per heavy atom. The van der Waals surface area contributed by atoms with Crippen LogP contribution >= 0.6 is 0 Å². The lowest BCUT2D eigenvalue weighted by molar-refractivity contribution is 0.0876. The van der Waals surface area contributed by atoms with Crippen molar-refractivity contribution in [3.8, 4) is 23.0 Å². The SMILES string of the molecule is CC1=C[C@H](c2c(O)cccc2O)[C@H](C(=O)c2ccccc2O)[C@@H](c2ccccc2O)C1. The summed E-state index contributed by atoms with van der Waals surface area (Å²) in [5, 5.41) is 42.1. The maximum Gasteiger partial charge on any atom is 0.171 e. The number of carbonyl (C=O) groups is 1. The summed E-state index contributed by atoms with van der Waals surface area (Å²) < 4.78 is 0. The highest BCUT2D eigenvalue weighted by Crippen LogP contribution is 2.52. The Bertz CT molecular complexity index is 1140. The lowest BCUT2D eigenvalue weighted by Gasteiger charge is -2.37. The molecule has 5 heteroatoms. The number of ketones is 1. The number of allylic oxidation sites excluding steroid dienone is 2. The predicted molar refractivity (Wildman–Crippen MR) is 118 cm³/mol. The molecule has 31 heavy (non-hydrogen) atoms. The normalized spacial score (nSPS) is 20.8. The third-order valence-corrected chi connectivity index (χ3v) is 6.03. The fraction of sp³-hybridized carbons (Fsp3) is 0.192. The van der Waals surface area contributed by atoms with Crippen molar-refractivity contribution >= 4 is 5.78 Å². The Labute approximate surface area is 180 Å². The minimum absolute atomic E-state index is 0.0811. The summed E-state index contributed by atoms with van der Waals surface area (Å²) in [6.07, 6.45) is 2.40. The molecule has 4 N–H and O–H groups in total. The molecule has 0 aliphatic heterocycles. The van der Waals surface area contributed by atoms with Gasteiger partial charge in [-0.05, 0) is 49.2 Å². The van der Waals surface area contributed by atoms with E-state index < -0.39 is 17.8 Å². The van der Waals surface area contributed by atoms with Crippen LogP contribution in [0.3, 0.4) is 0 Å². The summed E-state index contributed by atoms with van der Waals surface area (Å²) >= 11 is 0. The minimum atomic E-state index is -0.760. The monoisotopic (exact) mass is 416 g/mol. The first kappa shape index (κ1) is 20.5. The molecule has 0 unspecified atom stereocenters. The van der Waals surface area contributed by atoms with Crippen molar-refractivity contribution in [2.45, 2.75) is 25.2 Å².